The average molecular weight is 201 g/mol. The van der Waals surface area contributed by atoms with Crippen molar-refractivity contribution in [3.63, 3.8) is 0 Å². The molecule has 0 bridgehead atoms. The molecule has 0 atom stereocenters. The zero-order valence-corrected chi connectivity index (χ0v) is 7.22. The lowest BCUT2D eigenvalue weighted by Gasteiger charge is -2.09. The maximum absolute atomic E-state index is 11.8. The molecule has 74 valence electrons. The maximum Gasteiger partial charge on any atom is 0.573 e. The van der Waals surface area contributed by atoms with E-state index in [2.05, 4.69) is 4.74 Å². The molecule has 0 saturated carbocycles. The highest BCUT2D eigenvalue weighted by molar-refractivity contribution is 5.42. The fourth-order valence-electron chi connectivity index (χ4n) is 0.919. The molecule has 0 saturated heterocycles. The van der Waals surface area contributed by atoms with Crippen LogP contribution in [0.4, 0.5) is 13.2 Å². The SMILES string of the molecule is Cc1ccc(OC(F)(F)F)cc1C#N. The summed E-state index contributed by atoms with van der Waals surface area (Å²) in [4.78, 5) is 0. The number of alkyl halides is 3. The van der Waals surface area contributed by atoms with Crippen LogP contribution in [0.1, 0.15) is 11.1 Å². The second kappa shape index (κ2) is 3.58. The number of nitriles is 1. The standard InChI is InChI=1S/C9H6F3NO/c1-6-2-3-8(4-7(6)5-13)14-9(10,11)12/h2-4H,1H3. The molecule has 0 radical (unpaired) electrons. The van der Waals surface area contributed by atoms with E-state index in [0.717, 1.165) is 6.07 Å². The van der Waals surface area contributed by atoms with E-state index in [1.165, 1.54) is 12.1 Å². The molecule has 0 aliphatic carbocycles. The van der Waals surface area contributed by atoms with Gasteiger partial charge >= 0.3 is 6.36 Å². The average Bonchev–Trinajstić information content (AvgIpc) is 2.06. The Labute approximate surface area is 78.5 Å². The molecule has 5 heteroatoms. The van der Waals surface area contributed by atoms with E-state index >= 15 is 0 Å². The van der Waals surface area contributed by atoms with E-state index in [4.69, 9.17) is 5.26 Å². The summed E-state index contributed by atoms with van der Waals surface area (Å²) in [5.74, 6) is -0.375. The number of ether oxygens (including phenoxy) is 1. The summed E-state index contributed by atoms with van der Waals surface area (Å²) in [7, 11) is 0. The van der Waals surface area contributed by atoms with Gasteiger partial charge in [-0.2, -0.15) is 5.26 Å². The zero-order chi connectivity index (χ0) is 10.8. The van der Waals surface area contributed by atoms with Gasteiger partial charge in [-0.1, -0.05) is 6.07 Å². The van der Waals surface area contributed by atoms with Crippen molar-refractivity contribution in [1.29, 1.82) is 5.26 Å². The van der Waals surface area contributed by atoms with Crippen molar-refractivity contribution in [1.82, 2.24) is 0 Å². The van der Waals surface area contributed by atoms with E-state index in [1.54, 1.807) is 13.0 Å². The lowest BCUT2D eigenvalue weighted by Crippen LogP contribution is -2.17. The van der Waals surface area contributed by atoms with Crippen LogP contribution in [-0.2, 0) is 0 Å². The van der Waals surface area contributed by atoms with Crippen LogP contribution in [0.2, 0.25) is 0 Å². The van der Waals surface area contributed by atoms with Gasteiger partial charge < -0.3 is 4.74 Å². The molecule has 0 fully saturated rings. The van der Waals surface area contributed by atoms with Crippen molar-refractivity contribution >= 4 is 0 Å². The monoisotopic (exact) mass is 201 g/mol. The normalized spacial score (nSPS) is 10.8. The second-order valence-corrected chi connectivity index (χ2v) is 2.64. The van der Waals surface area contributed by atoms with Crippen molar-refractivity contribution in [2.45, 2.75) is 13.3 Å². The van der Waals surface area contributed by atoms with Gasteiger partial charge in [0, 0.05) is 0 Å². The first-order valence-corrected chi connectivity index (χ1v) is 3.69. The third-order valence-electron chi connectivity index (χ3n) is 1.56. The minimum absolute atomic E-state index is 0.173. The highest BCUT2D eigenvalue weighted by atomic mass is 19.4. The Morgan fingerprint density at radius 3 is 2.50 bits per heavy atom. The number of aryl methyl sites for hydroxylation is 1. The van der Waals surface area contributed by atoms with Crippen molar-refractivity contribution in [3.05, 3.63) is 29.3 Å². The van der Waals surface area contributed by atoms with Gasteiger partial charge in [-0.3, -0.25) is 0 Å². The Morgan fingerprint density at radius 1 is 1.36 bits per heavy atom. The lowest BCUT2D eigenvalue weighted by atomic mass is 10.1. The van der Waals surface area contributed by atoms with Gasteiger partial charge in [-0.05, 0) is 24.6 Å². The molecule has 0 unspecified atom stereocenters. The smallest absolute Gasteiger partial charge is 0.406 e. The minimum atomic E-state index is -4.72. The lowest BCUT2D eigenvalue weighted by molar-refractivity contribution is -0.274. The Bertz CT molecular complexity index is 379. The quantitative estimate of drug-likeness (QED) is 0.699. The Balaban J connectivity index is 2.97. The van der Waals surface area contributed by atoms with Crippen LogP contribution in [-0.4, -0.2) is 6.36 Å². The third-order valence-corrected chi connectivity index (χ3v) is 1.56. The highest BCUT2D eigenvalue weighted by Crippen LogP contribution is 2.24. The number of hydrogen-bond donors (Lipinski definition) is 0. The maximum atomic E-state index is 11.8. The molecule has 0 aliphatic rings. The summed E-state index contributed by atoms with van der Waals surface area (Å²) in [6.45, 7) is 1.63. The van der Waals surface area contributed by atoms with Gasteiger partial charge in [-0.25, -0.2) is 0 Å². The van der Waals surface area contributed by atoms with Crippen molar-refractivity contribution < 1.29 is 17.9 Å². The first-order valence-electron chi connectivity index (χ1n) is 3.69. The van der Waals surface area contributed by atoms with E-state index in [-0.39, 0.29) is 11.3 Å². The van der Waals surface area contributed by atoms with Crippen LogP contribution >= 0.6 is 0 Å². The van der Waals surface area contributed by atoms with E-state index in [9.17, 15) is 13.2 Å². The van der Waals surface area contributed by atoms with Crippen molar-refractivity contribution in [2.24, 2.45) is 0 Å². The molecule has 0 spiro atoms. The molecule has 0 heterocycles. The summed E-state index contributed by atoms with van der Waals surface area (Å²) < 4.78 is 39.0. The second-order valence-electron chi connectivity index (χ2n) is 2.64. The molecule has 0 aromatic heterocycles. The van der Waals surface area contributed by atoms with E-state index in [1.807, 2.05) is 0 Å². The molecule has 0 amide bonds. The molecule has 1 aromatic carbocycles. The molecule has 0 N–H and O–H groups in total. The third kappa shape index (κ3) is 2.66. The van der Waals surface area contributed by atoms with E-state index < -0.39 is 6.36 Å². The first kappa shape index (κ1) is 10.4. The predicted molar refractivity (Wildman–Crippen MR) is 42.6 cm³/mol. The number of nitrogens with zero attached hydrogens (tertiary/aromatic N) is 1. The predicted octanol–water partition coefficient (Wildman–Crippen LogP) is 2.77. The van der Waals surface area contributed by atoms with Gasteiger partial charge in [0.2, 0.25) is 0 Å². The van der Waals surface area contributed by atoms with Crippen molar-refractivity contribution in [2.75, 3.05) is 0 Å². The van der Waals surface area contributed by atoms with Crippen LogP contribution in [0.3, 0.4) is 0 Å². The molecule has 1 aromatic rings. The molecule has 0 aliphatic heterocycles. The van der Waals surface area contributed by atoms with E-state index in [0.29, 0.717) is 5.56 Å². The largest absolute Gasteiger partial charge is 0.573 e. The van der Waals surface area contributed by atoms with Gasteiger partial charge in [0.05, 0.1) is 11.6 Å². The Kier molecular flexibility index (Phi) is 2.65. The summed E-state index contributed by atoms with van der Waals surface area (Å²) in [6, 6.07) is 5.41. The van der Waals surface area contributed by atoms with Gasteiger partial charge in [0.1, 0.15) is 5.75 Å². The van der Waals surface area contributed by atoms with Crippen LogP contribution in [0.5, 0.6) is 5.75 Å². The highest BCUT2D eigenvalue weighted by Gasteiger charge is 2.31. The van der Waals surface area contributed by atoms with Crippen LogP contribution < -0.4 is 4.74 Å². The fourth-order valence-corrected chi connectivity index (χ4v) is 0.919. The van der Waals surface area contributed by atoms with Gasteiger partial charge in [-0.15, -0.1) is 13.2 Å². The minimum Gasteiger partial charge on any atom is -0.406 e. The topological polar surface area (TPSA) is 33.0 Å². The van der Waals surface area contributed by atoms with Crippen LogP contribution in [0.15, 0.2) is 18.2 Å². The van der Waals surface area contributed by atoms with Crippen LogP contribution in [0, 0.1) is 18.3 Å². The summed E-state index contributed by atoms with van der Waals surface area (Å²) >= 11 is 0. The number of benzene rings is 1. The first-order chi connectivity index (χ1) is 6.42. The molecular formula is C9H6F3NO. The summed E-state index contributed by atoms with van der Waals surface area (Å²) in [5.41, 5.74) is 0.786. The summed E-state index contributed by atoms with van der Waals surface area (Å²) in [5, 5.41) is 8.55. The molecular weight excluding hydrogens is 195 g/mol. The summed E-state index contributed by atoms with van der Waals surface area (Å²) in [6.07, 6.45) is -4.72. The van der Waals surface area contributed by atoms with Gasteiger partial charge in [0.25, 0.3) is 0 Å². The Hall–Kier alpha value is -1.70. The molecule has 2 nitrogen and oxygen atoms in total. The molecule has 1 rings (SSSR count). The fraction of sp³-hybridized carbons (Fsp3) is 0.222. The number of hydrogen-bond acceptors (Lipinski definition) is 2. The zero-order valence-electron chi connectivity index (χ0n) is 7.22. The van der Waals surface area contributed by atoms with Gasteiger partial charge in [0.15, 0.2) is 0 Å². The Morgan fingerprint density at radius 2 is 2.00 bits per heavy atom. The number of halogens is 3. The van der Waals surface area contributed by atoms with Crippen LogP contribution in [0.25, 0.3) is 0 Å². The van der Waals surface area contributed by atoms with Crippen molar-refractivity contribution in [3.8, 4) is 11.8 Å². The molecule has 14 heavy (non-hydrogen) atoms. The number of rotatable bonds is 1.